The van der Waals surface area contributed by atoms with Crippen molar-refractivity contribution in [2.45, 2.75) is 143 Å². The lowest BCUT2D eigenvalue weighted by Crippen LogP contribution is -2.62. The molecule has 1 unspecified atom stereocenters. The number of nitrogens with two attached hydrogens (primary N) is 8. The summed E-state index contributed by atoms with van der Waals surface area (Å²) in [6, 6.07) is -9.02. The highest BCUT2D eigenvalue weighted by Crippen LogP contribution is 2.21. The Morgan fingerprint density at radius 1 is 0.789 bits per heavy atom. The van der Waals surface area contributed by atoms with Crippen molar-refractivity contribution < 1.29 is 53.4 Å². The molecule has 1 aliphatic rings. The van der Waals surface area contributed by atoms with Crippen molar-refractivity contribution >= 4 is 81.8 Å². The SMILES string of the molecule is C=CN/C(=C\N)C[C@H](NC(=O)[C@@H]1CCCN1C(=O)[C@@H](CCCN)NC(=O)CNC(=O)[C@@H](NC(=O)[C@@H](NC(=O)[C@@H](N)CCCCN)[C@@H](O)CN)C(I)CC)C(=O)N[C@@H](CCCCN)C(=O)N/C(=C\CCN=C(N)N)C(=O)O. The zero-order valence-electron chi connectivity index (χ0n) is 43.2. The molecule has 0 aliphatic carbocycles. The molecule has 30 heteroatoms. The molecular weight excluding hydrogens is 1110 g/mol. The van der Waals surface area contributed by atoms with Crippen molar-refractivity contribution in [2.75, 3.05) is 45.8 Å². The summed E-state index contributed by atoms with van der Waals surface area (Å²) in [4.78, 5) is 127. The van der Waals surface area contributed by atoms with E-state index in [9.17, 15) is 53.4 Å². The number of amides is 8. The van der Waals surface area contributed by atoms with Crippen LogP contribution in [0.5, 0.6) is 0 Å². The van der Waals surface area contributed by atoms with Gasteiger partial charge in [-0.2, -0.15) is 0 Å². The fourth-order valence-corrected chi connectivity index (χ4v) is 8.13. The number of aliphatic hydroxyl groups is 1. The van der Waals surface area contributed by atoms with Gasteiger partial charge >= 0.3 is 5.97 Å². The van der Waals surface area contributed by atoms with Gasteiger partial charge in [0.05, 0.1) is 18.7 Å². The zero-order valence-corrected chi connectivity index (χ0v) is 45.4. The van der Waals surface area contributed by atoms with Crippen molar-refractivity contribution in [3.63, 3.8) is 0 Å². The maximum absolute atomic E-state index is 14.3. The average molecular weight is 1190 g/mol. The number of aliphatic carboxylic acids is 1. The Hall–Kier alpha value is -6.19. The molecule has 1 saturated heterocycles. The van der Waals surface area contributed by atoms with E-state index >= 15 is 0 Å². The fraction of sp³-hybridized carbons (Fsp3) is 0.652. The van der Waals surface area contributed by atoms with Crippen LogP contribution in [0.1, 0.15) is 90.4 Å². The standard InChI is InChI=1S/C46H83IN18O11/c1-3-27(47)36(63-43(73)37(34(66)24-52)64-38(68)28(53)12-5-7-17-48)42(72)58-25-35(67)59-30(14-9-19-50)44(74)65-21-11-16-33(65)41(71)62-32(22-26(23-51)56-4-2)40(70)60-29(13-6-8-18-49)39(69)61-31(45(75)76)15-10-20-57-46(54)55/h4,15,23,27-30,32-34,36-37,56,66H,2-3,5-14,16-22,24-25,48-53H2,1H3,(H,58,72)(H,59,67)(H,60,70)(H,61,69)(H,62,71)(H,63,73)(H,64,68)(H,75,76)(H4,54,55,57)/b26-23-,31-15-/t27?,28-,29-,30+,32-,33-,34-,36-,37-/m0/s1. The van der Waals surface area contributed by atoms with Crippen LogP contribution >= 0.6 is 22.6 Å². The molecule has 1 heterocycles. The lowest BCUT2D eigenvalue weighted by Gasteiger charge is -2.30. The molecule has 29 nitrogen and oxygen atoms in total. The Bertz CT molecular complexity index is 2030. The van der Waals surface area contributed by atoms with Crippen molar-refractivity contribution in [1.82, 2.24) is 47.4 Å². The van der Waals surface area contributed by atoms with Crippen molar-refractivity contribution in [3.8, 4) is 0 Å². The topological polar surface area (TPSA) is 514 Å². The summed E-state index contributed by atoms with van der Waals surface area (Å²) < 4.78 is -0.551. The predicted octanol–water partition coefficient (Wildman–Crippen LogP) is -5.95. The Morgan fingerprint density at radius 2 is 1.42 bits per heavy atom. The molecule has 0 aromatic heterocycles. The van der Waals surface area contributed by atoms with Gasteiger partial charge in [0.15, 0.2) is 5.96 Å². The van der Waals surface area contributed by atoms with E-state index in [0.29, 0.717) is 45.1 Å². The molecular formula is C46H83IN18O11. The summed E-state index contributed by atoms with van der Waals surface area (Å²) in [6.07, 6.45) is 5.25. The minimum absolute atomic E-state index is 0.0221. The zero-order chi connectivity index (χ0) is 57.3. The molecule has 26 N–H and O–H groups in total. The summed E-state index contributed by atoms with van der Waals surface area (Å²) in [5, 5.41) is 40.8. The molecule has 0 saturated carbocycles. The highest BCUT2D eigenvalue weighted by Gasteiger charge is 2.40. The van der Waals surface area contributed by atoms with Crippen LogP contribution in [0.25, 0.3) is 0 Å². The summed E-state index contributed by atoms with van der Waals surface area (Å²) in [5.41, 5.74) is 44.9. The molecule has 430 valence electrons. The third kappa shape index (κ3) is 24.7. The first-order valence-corrected chi connectivity index (χ1v) is 26.4. The van der Waals surface area contributed by atoms with Gasteiger partial charge in [0, 0.05) is 41.9 Å². The quantitative estimate of drug-likeness (QED) is 0.00683. The van der Waals surface area contributed by atoms with Crippen LogP contribution in [-0.2, 0) is 43.2 Å². The monoisotopic (exact) mass is 1190 g/mol. The number of rotatable bonds is 38. The molecule has 1 rings (SSSR count). The van der Waals surface area contributed by atoms with E-state index in [0.717, 1.165) is 6.20 Å². The lowest BCUT2D eigenvalue weighted by molar-refractivity contribution is -0.142. The molecule has 0 spiro atoms. The van der Waals surface area contributed by atoms with Crippen LogP contribution in [0.4, 0.5) is 0 Å². The van der Waals surface area contributed by atoms with Crippen molar-refractivity contribution in [2.24, 2.45) is 50.9 Å². The van der Waals surface area contributed by atoms with Gasteiger partial charge < -0.3 is 104 Å². The first-order valence-electron chi connectivity index (χ1n) is 25.2. The van der Waals surface area contributed by atoms with Crippen LogP contribution in [0.3, 0.4) is 0 Å². The summed E-state index contributed by atoms with van der Waals surface area (Å²) >= 11 is 1.94. The van der Waals surface area contributed by atoms with E-state index < -0.39 is 124 Å². The lowest BCUT2D eigenvalue weighted by atomic mass is 10.0. The highest BCUT2D eigenvalue weighted by molar-refractivity contribution is 14.1. The van der Waals surface area contributed by atoms with E-state index in [1.165, 1.54) is 17.2 Å². The minimum Gasteiger partial charge on any atom is -0.477 e. The second-order valence-electron chi connectivity index (χ2n) is 17.7. The Labute approximate surface area is 456 Å². The van der Waals surface area contributed by atoms with Crippen LogP contribution in [0, 0.1) is 0 Å². The van der Waals surface area contributed by atoms with E-state index in [4.69, 9.17) is 45.9 Å². The number of halogens is 1. The van der Waals surface area contributed by atoms with Crippen molar-refractivity contribution in [1.29, 1.82) is 0 Å². The maximum Gasteiger partial charge on any atom is 0.352 e. The number of guanidine groups is 1. The molecule has 9 atom stereocenters. The van der Waals surface area contributed by atoms with Gasteiger partial charge in [-0.3, -0.25) is 43.3 Å². The number of carboxylic acid groups (broad SMARTS) is 1. The molecule has 76 heavy (non-hydrogen) atoms. The van der Waals surface area contributed by atoms with Gasteiger partial charge in [0.2, 0.25) is 47.3 Å². The first kappa shape index (κ1) is 67.8. The van der Waals surface area contributed by atoms with Crippen LogP contribution < -0.4 is 88.4 Å². The van der Waals surface area contributed by atoms with Gasteiger partial charge in [-0.25, -0.2) is 4.79 Å². The molecule has 1 aliphatic heterocycles. The number of hydrogen-bond donors (Lipinski definition) is 18. The minimum atomic E-state index is -1.58. The normalized spacial score (nSPS) is 16.7. The molecule has 8 amide bonds. The summed E-state index contributed by atoms with van der Waals surface area (Å²) in [7, 11) is 0. The van der Waals surface area contributed by atoms with Crippen molar-refractivity contribution in [3.05, 3.63) is 36.4 Å². The number of carbonyl (C=O) groups excluding carboxylic acids is 8. The van der Waals surface area contributed by atoms with Gasteiger partial charge in [-0.15, -0.1) is 0 Å². The number of aliphatic hydroxyl groups excluding tert-OH is 1. The number of alkyl halides is 1. The predicted molar refractivity (Wildman–Crippen MR) is 292 cm³/mol. The number of unbranched alkanes of at least 4 members (excludes halogenated alkanes) is 2. The van der Waals surface area contributed by atoms with Gasteiger partial charge in [-0.1, -0.05) is 48.6 Å². The Kier molecular flexibility index (Phi) is 33.5. The number of aliphatic imine (C=N–C) groups is 1. The Balaban J connectivity index is 3.35. The number of carbonyl (C=O) groups is 9. The largest absolute Gasteiger partial charge is 0.477 e. The molecule has 1 fully saturated rings. The summed E-state index contributed by atoms with van der Waals surface area (Å²) in [5.74, 6) is -8.12. The van der Waals surface area contributed by atoms with E-state index in [1.807, 2.05) is 22.6 Å². The van der Waals surface area contributed by atoms with Crippen LogP contribution in [0.2, 0.25) is 0 Å². The summed E-state index contributed by atoms with van der Waals surface area (Å²) in [6.45, 7) is 5.16. The number of likely N-dealkylation sites (tertiary alicyclic amines) is 1. The number of hydrogen-bond acceptors (Lipinski definition) is 18. The molecule has 0 bridgehead atoms. The fourth-order valence-electron chi connectivity index (χ4n) is 7.63. The van der Waals surface area contributed by atoms with E-state index in [2.05, 4.69) is 54.1 Å². The average Bonchev–Trinajstić information content (AvgIpc) is 3.89. The third-order valence-corrected chi connectivity index (χ3v) is 13.4. The second-order valence-corrected chi connectivity index (χ2v) is 19.3. The molecule has 0 aromatic rings. The van der Waals surface area contributed by atoms with Crippen LogP contribution in [0.15, 0.2) is 41.4 Å². The number of carboxylic acids is 1. The van der Waals surface area contributed by atoms with Gasteiger partial charge in [-0.05, 0) is 96.5 Å². The van der Waals surface area contributed by atoms with Gasteiger partial charge in [0.1, 0.15) is 41.9 Å². The first-order chi connectivity index (χ1) is 36.1. The maximum atomic E-state index is 14.3. The number of nitrogens with zero attached hydrogens (tertiary/aromatic N) is 2. The number of nitrogens with one attached hydrogen (secondary N) is 8. The Morgan fingerprint density at radius 3 is 2.00 bits per heavy atom. The molecule has 0 radical (unpaired) electrons. The third-order valence-electron chi connectivity index (χ3n) is 11.8. The van der Waals surface area contributed by atoms with Gasteiger partial charge in [0.25, 0.3) is 0 Å². The second kappa shape index (κ2) is 37.5. The molecule has 0 aromatic carbocycles. The van der Waals surface area contributed by atoms with E-state index in [-0.39, 0.29) is 82.8 Å². The van der Waals surface area contributed by atoms with E-state index in [1.54, 1.807) is 6.92 Å². The smallest absolute Gasteiger partial charge is 0.352 e. The van der Waals surface area contributed by atoms with Crippen LogP contribution in [-0.4, -0.2) is 172 Å². The highest BCUT2D eigenvalue weighted by atomic mass is 127.